The van der Waals surface area contributed by atoms with Crippen LogP contribution in [-0.4, -0.2) is 25.7 Å². The number of ether oxygens (including phenoxy) is 3. The van der Waals surface area contributed by atoms with Crippen LogP contribution in [0.5, 0.6) is 11.5 Å². The molecule has 1 rings (SSSR count). The molecule has 1 aromatic rings. The Labute approximate surface area is 157 Å². The number of unbranched alkanes of at least 4 members (excludes halogenated alkanes) is 9. The van der Waals surface area contributed by atoms with E-state index in [1.807, 2.05) is 0 Å². The Hall–Kier alpha value is -2.04. The molecule has 0 fully saturated rings. The third-order valence-corrected chi connectivity index (χ3v) is 4.07. The summed E-state index contributed by atoms with van der Waals surface area (Å²) in [6.07, 6.45) is 13.0. The van der Waals surface area contributed by atoms with E-state index in [0.717, 1.165) is 12.2 Å². The lowest BCUT2D eigenvalue weighted by Gasteiger charge is -2.08. The Balaban J connectivity index is 2.02. The monoisotopic (exact) mass is 363 g/mol. The Morgan fingerprint density at radius 3 is 1.96 bits per heavy atom. The molecule has 0 aliphatic heterocycles. The summed E-state index contributed by atoms with van der Waals surface area (Å²) in [7, 11) is 0. The van der Waals surface area contributed by atoms with Crippen molar-refractivity contribution in [1.29, 1.82) is 0 Å². The van der Waals surface area contributed by atoms with Crippen LogP contribution in [0.4, 0.5) is 0 Å². The minimum atomic E-state index is -0.646. The van der Waals surface area contributed by atoms with Gasteiger partial charge in [0.2, 0.25) is 0 Å². The predicted octanol–water partition coefficient (Wildman–Crippen LogP) is 4.98. The van der Waals surface area contributed by atoms with Gasteiger partial charge in [0.05, 0.1) is 6.61 Å². The van der Waals surface area contributed by atoms with Crippen LogP contribution in [0.25, 0.3) is 0 Å². The van der Waals surface area contributed by atoms with Crippen LogP contribution < -0.4 is 9.47 Å². The zero-order chi connectivity index (χ0) is 18.9. The number of hydrogen-bond donors (Lipinski definition) is 0. The Morgan fingerprint density at radius 1 is 0.846 bits per heavy atom. The number of benzene rings is 1. The Bertz CT molecular complexity index is 484. The molecule has 0 atom stereocenters. The van der Waals surface area contributed by atoms with E-state index in [4.69, 9.17) is 9.47 Å². The third kappa shape index (κ3) is 11.5. The van der Waals surface area contributed by atoms with E-state index in [0.29, 0.717) is 12.4 Å². The van der Waals surface area contributed by atoms with Crippen LogP contribution in [0.2, 0.25) is 0 Å². The van der Waals surface area contributed by atoms with Gasteiger partial charge < -0.3 is 14.2 Å². The molecule has 0 N–H and O–H groups in total. The summed E-state index contributed by atoms with van der Waals surface area (Å²) in [5.74, 6) is 0.487. The molecule has 0 aromatic heterocycles. The molecule has 0 amide bonds. The van der Waals surface area contributed by atoms with Crippen molar-refractivity contribution in [2.24, 2.45) is 0 Å². The van der Waals surface area contributed by atoms with Crippen LogP contribution in [0.3, 0.4) is 0 Å². The van der Waals surface area contributed by atoms with E-state index in [-0.39, 0.29) is 0 Å². The molecule has 0 aliphatic carbocycles. The highest BCUT2D eigenvalue weighted by molar-refractivity contribution is 5.74. The number of carbonyl (C=O) groups excluding carboxylic acids is 2. The van der Waals surface area contributed by atoms with Gasteiger partial charge in [0.25, 0.3) is 0 Å². The van der Waals surface area contributed by atoms with Gasteiger partial charge in [-0.05, 0) is 30.7 Å². The molecule has 145 valence electrons. The fourth-order valence-corrected chi connectivity index (χ4v) is 2.63. The SMILES string of the molecule is CCCCCCCCCCCCOc1ccc(OC(=O)CO[C]=O)cc1. The van der Waals surface area contributed by atoms with E-state index in [9.17, 15) is 9.59 Å². The predicted molar refractivity (Wildman–Crippen MR) is 101 cm³/mol. The van der Waals surface area contributed by atoms with Crippen molar-refractivity contribution in [1.82, 2.24) is 0 Å². The first-order valence-corrected chi connectivity index (χ1v) is 9.68. The van der Waals surface area contributed by atoms with E-state index >= 15 is 0 Å². The van der Waals surface area contributed by atoms with E-state index in [1.54, 1.807) is 24.3 Å². The highest BCUT2D eigenvalue weighted by Gasteiger charge is 2.05. The quantitative estimate of drug-likeness (QED) is 0.236. The van der Waals surface area contributed by atoms with Crippen molar-refractivity contribution in [3.8, 4) is 11.5 Å². The van der Waals surface area contributed by atoms with Gasteiger partial charge in [-0.2, -0.15) is 0 Å². The first-order chi connectivity index (χ1) is 12.8. The zero-order valence-electron chi connectivity index (χ0n) is 15.8. The molecule has 5 heteroatoms. The fraction of sp³-hybridized carbons (Fsp3) is 0.619. The number of hydrogen-bond acceptors (Lipinski definition) is 5. The summed E-state index contributed by atoms with van der Waals surface area (Å²) in [6.45, 7) is 3.67. The van der Waals surface area contributed by atoms with Gasteiger partial charge in [0.1, 0.15) is 11.5 Å². The fourth-order valence-electron chi connectivity index (χ4n) is 2.63. The summed E-state index contributed by atoms with van der Waals surface area (Å²) >= 11 is 0. The third-order valence-electron chi connectivity index (χ3n) is 4.07. The Kier molecular flexibility index (Phi) is 12.9. The van der Waals surface area contributed by atoms with Crippen LogP contribution in [0, 0.1) is 0 Å². The van der Waals surface area contributed by atoms with Gasteiger partial charge >= 0.3 is 12.4 Å². The Morgan fingerprint density at radius 2 is 1.38 bits per heavy atom. The first kappa shape index (κ1) is 22.0. The molecule has 1 radical (unpaired) electrons. The van der Waals surface area contributed by atoms with Crippen molar-refractivity contribution in [2.45, 2.75) is 71.1 Å². The van der Waals surface area contributed by atoms with Gasteiger partial charge in [-0.15, -0.1) is 0 Å². The largest absolute Gasteiger partial charge is 0.494 e. The number of carbonyl (C=O) groups is 1. The van der Waals surface area contributed by atoms with Crippen molar-refractivity contribution < 1.29 is 23.8 Å². The lowest BCUT2D eigenvalue weighted by Crippen LogP contribution is -2.14. The molecule has 0 saturated carbocycles. The molecule has 0 aliphatic rings. The number of esters is 1. The highest BCUT2D eigenvalue weighted by Crippen LogP contribution is 2.18. The van der Waals surface area contributed by atoms with E-state index in [2.05, 4.69) is 11.7 Å². The summed E-state index contributed by atoms with van der Waals surface area (Å²) in [5, 5.41) is 0. The molecule has 5 nitrogen and oxygen atoms in total. The van der Waals surface area contributed by atoms with Crippen LogP contribution >= 0.6 is 0 Å². The maximum Gasteiger partial charge on any atom is 0.418 e. The van der Waals surface area contributed by atoms with Gasteiger partial charge in [-0.25, -0.2) is 9.59 Å². The van der Waals surface area contributed by atoms with Crippen molar-refractivity contribution >= 4 is 12.4 Å². The topological polar surface area (TPSA) is 61.8 Å². The second kappa shape index (κ2) is 15.2. The van der Waals surface area contributed by atoms with Gasteiger partial charge in [-0.1, -0.05) is 64.7 Å². The minimum absolute atomic E-state index is 0.385. The lowest BCUT2D eigenvalue weighted by molar-refractivity contribution is -0.137. The lowest BCUT2D eigenvalue weighted by atomic mass is 10.1. The molecule has 1 aromatic carbocycles. The first-order valence-electron chi connectivity index (χ1n) is 9.68. The van der Waals surface area contributed by atoms with E-state index in [1.165, 1.54) is 64.3 Å². The second-order valence-corrected chi connectivity index (χ2v) is 6.35. The molecular formula is C21H31O5. The van der Waals surface area contributed by atoms with Crippen molar-refractivity contribution in [3.05, 3.63) is 24.3 Å². The molecular weight excluding hydrogens is 332 g/mol. The van der Waals surface area contributed by atoms with Crippen molar-refractivity contribution in [3.63, 3.8) is 0 Å². The molecule has 26 heavy (non-hydrogen) atoms. The van der Waals surface area contributed by atoms with Gasteiger partial charge in [-0.3, -0.25) is 0 Å². The zero-order valence-corrected chi connectivity index (χ0v) is 15.8. The van der Waals surface area contributed by atoms with Crippen LogP contribution in [-0.2, 0) is 14.3 Å². The summed E-state index contributed by atoms with van der Waals surface area (Å²) in [6, 6.07) is 6.81. The molecule has 0 saturated heterocycles. The second-order valence-electron chi connectivity index (χ2n) is 6.35. The van der Waals surface area contributed by atoms with Crippen LogP contribution in [0.15, 0.2) is 24.3 Å². The summed E-state index contributed by atoms with van der Waals surface area (Å²) in [4.78, 5) is 21.2. The molecule has 0 unspecified atom stereocenters. The van der Waals surface area contributed by atoms with Crippen LogP contribution in [0.1, 0.15) is 71.1 Å². The molecule has 0 spiro atoms. The smallest absolute Gasteiger partial charge is 0.418 e. The van der Waals surface area contributed by atoms with E-state index < -0.39 is 12.6 Å². The number of rotatable bonds is 16. The maximum absolute atomic E-state index is 11.3. The minimum Gasteiger partial charge on any atom is -0.494 e. The van der Waals surface area contributed by atoms with Gasteiger partial charge in [0.15, 0.2) is 6.61 Å². The standard InChI is InChI=1S/C21H31O5/c1-2-3-4-5-6-7-8-9-10-11-16-25-19-12-14-20(15-13-19)26-21(23)17-24-18-22/h12-15H,2-11,16-17H2,1H3. The van der Waals surface area contributed by atoms with Gasteiger partial charge in [0, 0.05) is 0 Å². The normalized spacial score (nSPS) is 10.3. The molecule has 0 heterocycles. The molecule has 0 bridgehead atoms. The maximum atomic E-state index is 11.3. The summed E-state index contributed by atoms with van der Waals surface area (Å²) in [5.41, 5.74) is 0. The summed E-state index contributed by atoms with van der Waals surface area (Å²) < 4.78 is 14.9. The average molecular weight is 363 g/mol. The average Bonchev–Trinajstić information content (AvgIpc) is 2.65. The highest BCUT2D eigenvalue weighted by atomic mass is 16.6. The van der Waals surface area contributed by atoms with Crippen molar-refractivity contribution in [2.75, 3.05) is 13.2 Å².